The molecule has 0 bridgehead atoms. The molecule has 4 nitrogen and oxygen atoms in total. The lowest BCUT2D eigenvalue weighted by atomic mass is 10.1. The largest absolute Gasteiger partial charge is 0.309 e. The number of hydrogen-bond acceptors (Lipinski definition) is 4. The highest BCUT2D eigenvalue weighted by atomic mass is 35.5. The van der Waals surface area contributed by atoms with Crippen LogP contribution in [-0.2, 0) is 9.84 Å². The second-order valence-corrected chi connectivity index (χ2v) is 8.22. The van der Waals surface area contributed by atoms with Crippen molar-refractivity contribution in [3.63, 3.8) is 0 Å². The minimum absolute atomic E-state index is 0.0539. The van der Waals surface area contributed by atoms with Gasteiger partial charge in [0.2, 0.25) is 0 Å². The maximum Gasteiger partial charge on any atom is 0.150 e. The molecule has 0 aliphatic carbocycles. The molecule has 1 aromatic rings. The molecule has 0 fully saturated rings. The van der Waals surface area contributed by atoms with Crippen LogP contribution in [0.4, 0.5) is 0 Å². The number of nitrogens with one attached hydrogen (secondary N) is 1. The molecular weight excluding hydrogens is 331 g/mol. The standard InChI is InChI=1S/C14H22Cl2N2O2S/c1-3-7-17-13(6-5-8-21(19,20)4-2)14-12(16)9-11(15)10-18-14/h9-10,13,17H,3-8H2,1-2H3. The van der Waals surface area contributed by atoms with Crippen LogP contribution in [0.15, 0.2) is 12.3 Å². The number of pyridine rings is 1. The molecule has 0 saturated heterocycles. The van der Waals surface area contributed by atoms with Gasteiger partial charge in [-0.25, -0.2) is 8.42 Å². The topological polar surface area (TPSA) is 59.1 Å². The summed E-state index contributed by atoms with van der Waals surface area (Å²) >= 11 is 12.1. The molecule has 120 valence electrons. The maximum atomic E-state index is 11.6. The van der Waals surface area contributed by atoms with Crippen LogP contribution in [0, 0.1) is 0 Å². The van der Waals surface area contributed by atoms with E-state index in [0.717, 1.165) is 18.7 Å². The van der Waals surface area contributed by atoms with Gasteiger partial charge < -0.3 is 5.32 Å². The molecule has 1 atom stereocenters. The van der Waals surface area contributed by atoms with Gasteiger partial charge in [-0.3, -0.25) is 4.98 Å². The molecule has 0 aliphatic heterocycles. The Morgan fingerprint density at radius 1 is 1.33 bits per heavy atom. The Balaban J connectivity index is 2.76. The van der Waals surface area contributed by atoms with Gasteiger partial charge in [-0.2, -0.15) is 0 Å². The summed E-state index contributed by atoms with van der Waals surface area (Å²) in [5.74, 6) is 0.374. The van der Waals surface area contributed by atoms with Crippen LogP contribution in [0.1, 0.15) is 44.8 Å². The van der Waals surface area contributed by atoms with Crippen molar-refractivity contribution in [1.29, 1.82) is 0 Å². The molecule has 0 aliphatic rings. The molecule has 1 rings (SSSR count). The van der Waals surface area contributed by atoms with Gasteiger partial charge in [-0.1, -0.05) is 37.0 Å². The van der Waals surface area contributed by atoms with Crippen molar-refractivity contribution < 1.29 is 8.42 Å². The lowest BCUT2D eigenvalue weighted by Gasteiger charge is -2.19. The molecule has 0 saturated carbocycles. The van der Waals surface area contributed by atoms with Crippen molar-refractivity contribution in [3.05, 3.63) is 28.0 Å². The van der Waals surface area contributed by atoms with E-state index in [1.165, 1.54) is 0 Å². The molecule has 0 aromatic carbocycles. The predicted octanol–water partition coefficient (Wildman–Crippen LogP) is 3.64. The first-order valence-electron chi connectivity index (χ1n) is 7.14. The van der Waals surface area contributed by atoms with E-state index >= 15 is 0 Å². The van der Waals surface area contributed by atoms with Gasteiger partial charge >= 0.3 is 0 Å². The molecule has 7 heteroatoms. The number of aromatic nitrogens is 1. The summed E-state index contributed by atoms with van der Waals surface area (Å²) in [6.07, 6.45) is 3.80. The Labute approximate surface area is 137 Å². The Kier molecular flexibility index (Phi) is 7.95. The van der Waals surface area contributed by atoms with Crippen LogP contribution in [0.25, 0.3) is 0 Å². The van der Waals surface area contributed by atoms with E-state index in [2.05, 4.69) is 17.2 Å². The highest BCUT2D eigenvalue weighted by Crippen LogP contribution is 2.26. The number of nitrogens with zero attached hydrogens (tertiary/aromatic N) is 1. The van der Waals surface area contributed by atoms with Crippen molar-refractivity contribution in [3.8, 4) is 0 Å². The smallest absolute Gasteiger partial charge is 0.150 e. The second kappa shape index (κ2) is 8.93. The number of rotatable bonds is 9. The SMILES string of the molecule is CCCNC(CCCS(=O)(=O)CC)c1ncc(Cl)cc1Cl. The minimum Gasteiger partial charge on any atom is -0.309 e. The van der Waals surface area contributed by atoms with Crippen molar-refractivity contribution in [2.75, 3.05) is 18.1 Å². The van der Waals surface area contributed by atoms with E-state index < -0.39 is 9.84 Å². The first kappa shape index (κ1) is 18.7. The van der Waals surface area contributed by atoms with E-state index in [1.807, 2.05) is 0 Å². The van der Waals surface area contributed by atoms with Gasteiger partial charge in [0.15, 0.2) is 0 Å². The van der Waals surface area contributed by atoms with E-state index in [4.69, 9.17) is 23.2 Å². The summed E-state index contributed by atoms with van der Waals surface area (Å²) < 4.78 is 23.1. The van der Waals surface area contributed by atoms with Crippen molar-refractivity contribution in [2.24, 2.45) is 0 Å². The Bertz CT molecular complexity index is 550. The maximum absolute atomic E-state index is 11.6. The Morgan fingerprint density at radius 3 is 2.62 bits per heavy atom. The number of halogens is 2. The Morgan fingerprint density at radius 2 is 2.05 bits per heavy atom. The normalized spacial score (nSPS) is 13.3. The summed E-state index contributed by atoms with van der Waals surface area (Å²) in [6.45, 7) is 4.56. The van der Waals surface area contributed by atoms with Crippen molar-refractivity contribution in [2.45, 2.75) is 39.2 Å². The highest BCUT2D eigenvalue weighted by molar-refractivity contribution is 7.91. The quantitative estimate of drug-likeness (QED) is 0.736. The molecule has 1 N–H and O–H groups in total. The van der Waals surface area contributed by atoms with Crippen LogP contribution in [0.2, 0.25) is 10.0 Å². The van der Waals surface area contributed by atoms with Gasteiger partial charge in [-0.05, 0) is 31.9 Å². The molecule has 21 heavy (non-hydrogen) atoms. The first-order valence-corrected chi connectivity index (χ1v) is 9.72. The van der Waals surface area contributed by atoms with Crippen molar-refractivity contribution in [1.82, 2.24) is 10.3 Å². The van der Waals surface area contributed by atoms with Crippen LogP contribution >= 0.6 is 23.2 Å². The average molecular weight is 353 g/mol. The van der Waals surface area contributed by atoms with Crippen LogP contribution in [-0.4, -0.2) is 31.5 Å². The molecular formula is C14H22Cl2N2O2S. The summed E-state index contributed by atoms with van der Waals surface area (Å²) in [4.78, 5) is 4.29. The third-order valence-electron chi connectivity index (χ3n) is 3.20. The zero-order valence-corrected chi connectivity index (χ0v) is 14.7. The van der Waals surface area contributed by atoms with Crippen LogP contribution in [0.5, 0.6) is 0 Å². The van der Waals surface area contributed by atoms with Gasteiger partial charge in [0, 0.05) is 11.9 Å². The summed E-state index contributed by atoms with van der Waals surface area (Å²) in [7, 11) is -2.94. The molecule has 0 amide bonds. The third-order valence-corrected chi connectivity index (χ3v) is 5.49. The van der Waals surface area contributed by atoms with Gasteiger partial charge in [0.25, 0.3) is 0 Å². The second-order valence-electron chi connectivity index (χ2n) is 4.91. The lowest BCUT2D eigenvalue weighted by molar-refractivity contribution is 0.482. The van der Waals surface area contributed by atoms with Crippen LogP contribution in [0.3, 0.4) is 0 Å². The molecule has 0 radical (unpaired) electrons. The Hall–Kier alpha value is -0.360. The van der Waals surface area contributed by atoms with E-state index in [9.17, 15) is 8.42 Å². The van der Waals surface area contributed by atoms with Gasteiger partial charge in [0.05, 0.1) is 27.5 Å². The average Bonchev–Trinajstić information content (AvgIpc) is 2.43. The zero-order valence-electron chi connectivity index (χ0n) is 12.4. The summed E-state index contributed by atoms with van der Waals surface area (Å²) in [6, 6.07) is 1.61. The predicted molar refractivity (Wildman–Crippen MR) is 88.9 cm³/mol. The lowest BCUT2D eigenvalue weighted by Crippen LogP contribution is -2.24. The van der Waals surface area contributed by atoms with Gasteiger partial charge in [-0.15, -0.1) is 0 Å². The zero-order chi connectivity index (χ0) is 15.9. The highest BCUT2D eigenvalue weighted by Gasteiger charge is 2.17. The summed E-state index contributed by atoms with van der Waals surface area (Å²) in [5.41, 5.74) is 0.725. The molecule has 1 aromatic heterocycles. The molecule has 1 heterocycles. The van der Waals surface area contributed by atoms with Crippen LogP contribution < -0.4 is 5.32 Å². The minimum atomic E-state index is -2.94. The van der Waals surface area contributed by atoms with E-state index in [0.29, 0.717) is 22.9 Å². The van der Waals surface area contributed by atoms with Gasteiger partial charge in [0.1, 0.15) is 9.84 Å². The molecule has 1 unspecified atom stereocenters. The monoisotopic (exact) mass is 352 g/mol. The fraction of sp³-hybridized carbons (Fsp3) is 0.643. The first-order chi connectivity index (χ1) is 9.89. The van der Waals surface area contributed by atoms with E-state index in [-0.39, 0.29) is 17.5 Å². The fourth-order valence-electron chi connectivity index (χ4n) is 1.99. The third kappa shape index (κ3) is 6.51. The van der Waals surface area contributed by atoms with Crippen molar-refractivity contribution >= 4 is 33.0 Å². The molecule has 0 spiro atoms. The number of hydrogen-bond donors (Lipinski definition) is 1. The number of sulfone groups is 1. The summed E-state index contributed by atoms with van der Waals surface area (Å²) in [5, 5.41) is 4.37. The fourth-order valence-corrected chi connectivity index (χ4v) is 3.39. The van der Waals surface area contributed by atoms with E-state index in [1.54, 1.807) is 19.2 Å².